The van der Waals surface area contributed by atoms with E-state index in [-0.39, 0.29) is 11.9 Å². The molecule has 0 radical (unpaired) electrons. The first-order valence-corrected chi connectivity index (χ1v) is 12.8. The van der Waals surface area contributed by atoms with Crippen LogP contribution in [0, 0.1) is 6.92 Å². The molecule has 0 amide bonds. The Morgan fingerprint density at radius 1 is 1.19 bits per heavy atom. The monoisotopic (exact) mass is 531 g/mol. The largest absolute Gasteiger partial charge is 0.489 e. The average molecular weight is 532 g/mol. The molecule has 2 aromatic carbocycles. The highest BCUT2D eigenvalue weighted by atomic mass is 35.5. The van der Waals surface area contributed by atoms with Gasteiger partial charge in [-0.05, 0) is 59.0 Å². The van der Waals surface area contributed by atoms with Gasteiger partial charge >= 0.3 is 0 Å². The third kappa shape index (κ3) is 13.2. The molecule has 0 aliphatic rings. The number of aldehydes is 1. The smallest absolute Gasteiger partial charge is 0.195 e. The number of imidazole rings is 1. The molecule has 204 valence electrons. The van der Waals surface area contributed by atoms with Crippen LogP contribution in [-0.4, -0.2) is 53.0 Å². The van der Waals surface area contributed by atoms with Crippen LogP contribution < -0.4 is 10.1 Å². The molecule has 0 fully saturated rings. The van der Waals surface area contributed by atoms with E-state index in [1.165, 1.54) is 12.5 Å². The number of carbonyl (C=O) groups excluding carboxylic acids is 2. The Labute approximate surface area is 226 Å². The van der Waals surface area contributed by atoms with Crippen LogP contribution in [-0.2, 0) is 7.05 Å². The standard InChI is InChI=1S/C13H14N2O.C10H11ClO2.C4H11NO.C2H6/c1-9-4-6-11(7-5-9)12-8-15(3)13(14-12)10(2)16;1-7(2)13-10-4-3-8(6-12)5-9(10)11;1-5-3-2-4-6;1-2/h4-8H,1-3H3;3-7H,1-2H3;5-6H,2-4H2,1H3;1-2H3. The van der Waals surface area contributed by atoms with Crippen LogP contribution in [0.4, 0.5) is 0 Å². The van der Waals surface area contributed by atoms with E-state index in [0.717, 1.165) is 30.5 Å². The Hall–Kier alpha value is -3.00. The normalized spacial score (nSPS) is 9.70. The Bertz CT molecular complexity index is 1060. The summed E-state index contributed by atoms with van der Waals surface area (Å²) in [6, 6.07) is 13.1. The molecule has 0 bridgehead atoms. The van der Waals surface area contributed by atoms with E-state index in [1.807, 2.05) is 79.2 Å². The molecule has 3 rings (SSSR count). The van der Waals surface area contributed by atoms with Crippen molar-refractivity contribution in [3.05, 3.63) is 70.6 Å². The first-order valence-electron chi connectivity index (χ1n) is 12.4. The first-order chi connectivity index (χ1) is 17.6. The van der Waals surface area contributed by atoms with Gasteiger partial charge in [0.15, 0.2) is 11.6 Å². The number of hydrogen-bond acceptors (Lipinski definition) is 6. The fraction of sp³-hybridized carbons (Fsp3) is 0.414. The Balaban J connectivity index is 0.000000555. The van der Waals surface area contributed by atoms with E-state index in [1.54, 1.807) is 22.8 Å². The van der Waals surface area contributed by atoms with Gasteiger partial charge in [-0.15, -0.1) is 0 Å². The fourth-order valence-corrected chi connectivity index (χ4v) is 3.09. The predicted octanol–water partition coefficient (Wildman–Crippen LogP) is 6.15. The Kier molecular flexibility index (Phi) is 17.6. The molecule has 0 aliphatic carbocycles. The van der Waals surface area contributed by atoms with Crippen molar-refractivity contribution in [3.63, 3.8) is 0 Å². The van der Waals surface area contributed by atoms with Crippen molar-refractivity contribution >= 4 is 23.7 Å². The number of nitrogens with zero attached hydrogens (tertiary/aromatic N) is 2. The van der Waals surface area contributed by atoms with E-state index in [0.29, 0.717) is 28.8 Å². The van der Waals surface area contributed by atoms with Crippen molar-refractivity contribution < 1.29 is 19.4 Å². The second kappa shape index (κ2) is 19.2. The number of aromatic nitrogens is 2. The molecule has 7 nitrogen and oxygen atoms in total. The molecule has 1 aromatic heterocycles. The maximum atomic E-state index is 11.3. The van der Waals surface area contributed by atoms with Gasteiger partial charge in [0.25, 0.3) is 0 Å². The average Bonchev–Trinajstić information content (AvgIpc) is 3.28. The van der Waals surface area contributed by atoms with Crippen LogP contribution in [0.1, 0.15) is 67.6 Å². The summed E-state index contributed by atoms with van der Waals surface area (Å²) in [6.07, 6.45) is 3.57. The molecule has 2 N–H and O–H groups in total. The van der Waals surface area contributed by atoms with E-state index in [2.05, 4.69) is 10.3 Å². The summed E-state index contributed by atoms with van der Waals surface area (Å²) in [6.45, 7) is 12.6. The lowest BCUT2D eigenvalue weighted by atomic mass is 10.1. The highest BCUT2D eigenvalue weighted by molar-refractivity contribution is 6.32. The van der Waals surface area contributed by atoms with Gasteiger partial charge in [0.05, 0.1) is 16.8 Å². The molecule has 3 aromatic rings. The number of benzene rings is 2. The van der Waals surface area contributed by atoms with Crippen molar-refractivity contribution in [2.45, 2.75) is 54.1 Å². The summed E-state index contributed by atoms with van der Waals surface area (Å²) in [5, 5.41) is 11.5. The van der Waals surface area contributed by atoms with Gasteiger partial charge in [-0.2, -0.15) is 0 Å². The number of ketones is 1. The lowest BCUT2D eigenvalue weighted by molar-refractivity contribution is 0.1000. The molecule has 8 heteroatoms. The molecule has 0 saturated carbocycles. The Morgan fingerprint density at radius 2 is 1.81 bits per heavy atom. The number of aliphatic hydroxyl groups is 1. The molecule has 1 heterocycles. The van der Waals surface area contributed by atoms with E-state index in [9.17, 15) is 9.59 Å². The summed E-state index contributed by atoms with van der Waals surface area (Å²) in [4.78, 5) is 26.0. The lowest BCUT2D eigenvalue weighted by Gasteiger charge is -2.10. The van der Waals surface area contributed by atoms with Gasteiger partial charge in [0, 0.05) is 37.9 Å². The second-order valence-electron chi connectivity index (χ2n) is 8.14. The van der Waals surface area contributed by atoms with Gasteiger partial charge in [-0.1, -0.05) is 55.3 Å². The van der Waals surface area contributed by atoms with Gasteiger partial charge in [-0.25, -0.2) is 4.98 Å². The van der Waals surface area contributed by atoms with Gasteiger partial charge in [0.2, 0.25) is 0 Å². The summed E-state index contributed by atoms with van der Waals surface area (Å²) in [7, 11) is 3.71. The summed E-state index contributed by atoms with van der Waals surface area (Å²) >= 11 is 5.87. The highest BCUT2D eigenvalue weighted by Crippen LogP contribution is 2.25. The number of aliphatic hydroxyl groups excluding tert-OH is 1. The molecule has 0 aliphatic heterocycles. The topological polar surface area (TPSA) is 93.5 Å². The maximum Gasteiger partial charge on any atom is 0.195 e. The number of hydrogen-bond donors (Lipinski definition) is 2. The zero-order valence-electron chi connectivity index (χ0n) is 23.3. The van der Waals surface area contributed by atoms with Crippen molar-refractivity contribution in [2.75, 3.05) is 20.2 Å². The highest BCUT2D eigenvalue weighted by Gasteiger charge is 2.10. The van der Waals surface area contributed by atoms with Crippen LogP contribution in [0.5, 0.6) is 5.75 Å². The van der Waals surface area contributed by atoms with Crippen molar-refractivity contribution in [1.82, 2.24) is 14.9 Å². The van der Waals surface area contributed by atoms with Crippen LogP contribution in [0.2, 0.25) is 5.02 Å². The van der Waals surface area contributed by atoms with Crippen LogP contribution >= 0.6 is 11.6 Å². The number of aryl methyl sites for hydroxylation is 2. The van der Waals surface area contributed by atoms with Gasteiger partial charge in [-0.3, -0.25) is 9.59 Å². The van der Waals surface area contributed by atoms with E-state index in [4.69, 9.17) is 21.4 Å². The molecule has 0 saturated heterocycles. The molecule has 37 heavy (non-hydrogen) atoms. The molecule has 0 atom stereocenters. The first kappa shape index (κ1) is 34.0. The van der Waals surface area contributed by atoms with Crippen molar-refractivity contribution in [3.8, 4) is 17.0 Å². The molecule has 0 spiro atoms. The summed E-state index contributed by atoms with van der Waals surface area (Å²) < 4.78 is 7.16. The SMILES string of the molecule is CC.CC(=O)c1nc(-c2ccc(C)cc2)cn1C.CC(C)Oc1ccc(C=O)cc1Cl.CNCCCO. The zero-order chi connectivity index (χ0) is 28.4. The maximum absolute atomic E-state index is 11.3. The van der Waals surface area contributed by atoms with E-state index < -0.39 is 0 Å². The van der Waals surface area contributed by atoms with Gasteiger partial charge in [0.1, 0.15) is 12.0 Å². The van der Waals surface area contributed by atoms with Gasteiger partial charge < -0.3 is 19.7 Å². The minimum atomic E-state index is -0.0131. The number of Topliss-reactive ketones (excluding diaryl/α,β-unsaturated/α-hetero) is 1. The number of rotatable bonds is 8. The Morgan fingerprint density at radius 3 is 2.22 bits per heavy atom. The predicted molar refractivity (Wildman–Crippen MR) is 153 cm³/mol. The minimum Gasteiger partial charge on any atom is -0.489 e. The molecular weight excluding hydrogens is 490 g/mol. The molecule has 0 unspecified atom stereocenters. The summed E-state index contributed by atoms with van der Waals surface area (Å²) in [5.41, 5.74) is 3.65. The van der Waals surface area contributed by atoms with E-state index >= 15 is 0 Å². The third-order valence-corrected chi connectivity index (χ3v) is 4.87. The second-order valence-corrected chi connectivity index (χ2v) is 8.55. The fourth-order valence-electron chi connectivity index (χ4n) is 2.85. The zero-order valence-corrected chi connectivity index (χ0v) is 24.1. The van der Waals surface area contributed by atoms with Crippen LogP contribution in [0.3, 0.4) is 0 Å². The minimum absolute atomic E-state index is 0.0131. The summed E-state index contributed by atoms with van der Waals surface area (Å²) in [5.74, 6) is 1.10. The number of nitrogens with one attached hydrogen (secondary N) is 1. The van der Waals surface area contributed by atoms with Crippen LogP contribution in [0.15, 0.2) is 48.7 Å². The molecular formula is C29H42ClN3O4. The van der Waals surface area contributed by atoms with Crippen LogP contribution in [0.25, 0.3) is 11.3 Å². The number of ether oxygens (including phenoxy) is 1. The van der Waals surface area contributed by atoms with Crippen molar-refractivity contribution in [2.24, 2.45) is 7.05 Å². The number of halogens is 1. The number of carbonyl (C=O) groups is 2. The lowest BCUT2D eigenvalue weighted by Crippen LogP contribution is -2.08. The quantitative estimate of drug-likeness (QED) is 0.205. The van der Waals surface area contributed by atoms with Crippen molar-refractivity contribution in [1.29, 1.82) is 0 Å². The third-order valence-electron chi connectivity index (χ3n) is 4.58.